The zero-order chi connectivity index (χ0) is 13.1. The average molecular weight is 256 g/mol. The molecule has 2 aromatic rings. The van der Waals surface area contributed by atoms with Crippen molar-refractivity contribution >= 4 is 22.5 Å². The fourth-order valence-corrected chi connectivity index (χ4v) is 3.05. The second kappa shape index (κ2) is 5.47. The first kappa shape index (κ1) is 12.3. The van der Waals surface area contributed by atoms with Crippen molar-refractivity contribution in [2.75, 3.05) is 5.32 Å². The molecule has 0 unspecified atom stereocenters. The van der Waals surface area contributed by atoms with Crippen LogP contribution in [0.15, 0.2) is 30.5 Å². The second-order valence-electron chi connectivity index (χ2n) is 5.50. The molecule has 19 heavy (non-hydrogen) atoms. The molecule has 1 aromatic carbocycles. The first-order chi connectivity index (χ1) is 9.33. The third-order valence-corrected chi connectivity index (χ3v) is 4.07. The van der Waals surface area contributed by atoms with Gasteiger partial charge in [0.05, 0.1) is 5.69 Å². The molecule has 0 radical (unpaired) electrons. The van der Waals surface area contributed by atoms with Gasteiger partial charge in [0.2, 0.25) is 5.91 Å². The van der Waals surface area contributed by atoms with E-state index in [9.17, 15) is 4.79 Å². The van der Waals surface area contributed by atoms with Gasteiger partial charge >= 0.3 is 0 Å². The number of amides is 1. The minimum Gasteiger partial charge on any atom is -0.361 e. The van der Waals surface area contributed by atoms with Crippen LogP contribution in [0.5, 0.6) is 0 Å². The van der Waals surface area contributed by atoms with Crippen molar-refractivity contribution in [2.45, 2.75) is 38.5 Å². The number of anilines is 1. The van der Waals surface area contributed by atoms with E-state index in [2.05, 4.69) is 10.3 Å². The molecule has 3 nitrogen and oxygen atoms in total. The number of carbonyl (C=O) groups excluding carboxylic acids is 1. The third kappa shape index (κ3) is 2.80. The fraction of sp³-hybridized carbons (Fsp3) is 0.438. The third-order valence-electron chi connectivity index (χ3n) is 4.07. The van der Waals surface area contributed by atoms with Crippen LogP contribution in [-0.2, 0) is 4.79 Å². The summed E-state index contributed by atoms with van der Waals surface area (Å²) in [5, 5.41) is 4.14. The zero-order valence-corrected chi connectivity index (χ0v) is 11.1. The summed E-state index contributed by atoms with van der Waals surface area (Å²) < 4.78 is 0. The average Bonchev–Trinajstić information content (AvgIpc) is 2.89. The molecule has 1 fully saturated rings. The molecule has 1 aromatic heterocycles. The molecule has 100 valence electrons. The molecule has 0 spiro atoms. The molecule has 2 N–H and O–H groups in total. The number of hydrogen-bond donors (Lipinski definition) is 2. The number of benzene rings is 1. The number of hydrogen-bond acceptors (Lipinski definition) is 1. The first-order valence-corrected chi connectivity index (χ1v) is 7.19. The van der Waals surface area contributed by atoms with Gasteiger partial charge in [-0.2, -0.15) is 0 Å². The van der Waals surface area contributed by atoms with E-state index in [1.54, 1.807) is 0 Å². The van der Waals surface area contributed by atoms with Gasteiger partial charge < -0.3 is 10.3 Å². The van der Waals surface area contributed by atoms with Gasteiger partial charge in [0.15, 0.2) is 0 Å². The summed E-state index contributed by atoms with van der Waals surface area (Å²) in [4.78, 5) is 15.3. The van der Waals surface area contributed by atoms with E-state index in [-0.39, 0.29) is 5.91 Å². The largest absolute Gasteiger partial charge is 0.361 e. The minimum absolute atomic E-state index is 0.153. The van der Waals surface area contributed by atoms with E-state index >= 15 is 0 Å². The van der Waals surface area contributed by atoms with Crippen LogP contribution in [0.25, 0.3) is 10.9 Å². The highest BCUT2D eigenvalue weighted by Gasteiger charge is 2.17. The first-order valence-electron chi connectivity index (χ1n) is 7.19. The Morgan fingerprint density at radius 1 is 1.21 bits per heavy atom. The zero-order valence-electron chi connectivity index (χ0n) is 11.1. The van der Waals surface area contributed by atoms with Gasteiger partial charge in [-0.05, 0) is 37.0 Å². The molecule has 3 heteroatoms. The van der Waals surface area contributed by atoms with Crippen molar-refractivity contribution < 1.29 is 4.79 Å². The molecule has 1 amide bonds. The second-order valence-corrected chi connectivity index (χ2v) is 5.50. The molecule has 1 aliphatic carbocycles. The van der Waals surface area contributed by atoms with Crippen molar-refractivity contribution in [3.05, 3.63) is 30.5 Å². The summed E-state index contributed by atoms with van der Waals surface area (Å²) in [6, 6.07) is 7.96. The lowest BCUT2D eigenvalue weighted by Gasteiger charge is -2.20. The van der Waals surface area contributed by atoms with Gasteiger partial charge in [0.25, 0.3) is 0 Å². The van der Waals surface area contributed by atoms with E-state index in [0.717, 1.165) is 16.6 Å². The lowest BCUT2D eigenvalue weighted by molar-refractivity contribution is -0.117. The molecule has 0 bridgehead atoms. The van der Waals surface area contributed by atoms with Gasteiger partial charge in [-0.15, -0.1) is 0 Å². The highest BCUT2D eigenvalue weighted by Crippen LogP contribution is 2.27. The predicted octanol–water partition coefficient (Wildman–Crippen LogP) is 4.08. The number of nitrogens with one attached hydrogen (secondary N) is 2. The van der Waals surface area contributed by atoms with Crippen LogP contribution < -0.4 is 5.32 Å². The number of aromatic nitrogens is 1. The van der Waals surface area contributed by atoms with Crippen molar-refractivity contribution in [1.82, 2.24) is 4.98 Å². The SMILES string of the molecule is O=C(CC1CCCCC1)Nc1cccc2[nH]ccc12. The summed E-state index contributed by atoms with van der Waals surface area (Å²) in [6.07, 6.45) is 8.89. The molecular weight excluding hydrogens is 236 g/mol. The summed E-state index contributed by atoms with van der Waals surface area (Å²) >= 11 is 0. The summed E-state index contributed by atoms with van der Waals surface area (Å²) in [5.41, 5.74) is 1.98. The quantitative estimate of drug-likeness (QED) is 0.854. The lowest BCUT2D eigenvalue weighted by Crippen LogP contribution is -2.18. The Balaban J connectivity index is 1.67. The lowest BCUT2D eigenvalue weighted by atomic mass is 9.87. The molecule has 0 atom stereocenters. The number of fused-ring (bicyclic) bond motifs is 1. The summed E-state index contributed by atoms with van der Waals surface area (Å²) in [5.74, 6) is 0.736. The monoisotopic (exact) mass is 256 g/mol. The Kier molecular flexibility index (Phi) is 3.53. The van der Waals surface area contributed by atoms with Gasteiger partial charge in [0, 0.05) is 23.5 Å². The van der Waals surface area contributed by atoms with E-state index in [1.807, 2.05) is 30.5 Å². The smallest absolute Gasteiger partial charge is 0.224 e. The maximum absolute atomic E-state index is 12.1. The number of aromatic amines is 1. The standard InChI is InChI=1S/C16H20N2O/c19-16(11-12-5-2-1-3-6-12)18-15-8-4-7-14-13(15)9-10-17-14/h4,7-10,12,17H,1-3,5-6,11H2,(H,18,19). The minimum atomic E-state index is 0.153. The topological polar surface area (TPSA) is 44.9 Å². The molecule has 1 aliphatic rings. The van der Waals surface area contributed by atoms with Crippen molar-refractivity contribution in [3.63, 3.8) is 0 Å². The Bertz CT molecular complexity index is 567. The van der Waals surface area contributed by atoms with Crippen LogP contribution in [-0.4, -0.2) is 10.9 Å². The van der Waals surface area contributed by atoms with Crippen LogP contribution in [0.3, 0.4) is 0 Å². The normalized spacial score (nSPS) is 16.6. The number of H-pyrrole nitrogens is 1. The van der Waals surface area contributed by atoms with E-state index in [4.69, 9.17) is 0 Å². The van der Waals surface area contributed by atoms with E-state index < -0.39 is 0 Å². The number of carbonyl (C=O) groups is 1. The van der Waals surface area contributed by atoms with Crippen LogP contribution in [0.4, 0.5) is 5.69 Å². The van der Waals surface area contributed by atoms with Crippen molar-refractivity contribution in [1.29, 1.82) is 0 Å². The highest BCUT2D eigenvalue weighted by atomic mass is 16.1. The van der Waals surface area contributed by atoms with Crippen LogP contribution >= 0.6 is 0 Å². The van der Waals surface area contributed by atoms with Gasteiger partial charge in [-0.1, -0.05) is 25.3 Å². The van der Waals surface area contributed by atoms with Gasteiger partial charge in [0.1, 0.15) is 0 Å². The Morgan fingerprint density at radius 3 is 2.89 bits per heavy atom. The molecule has 0 aliphatic heterocycles. The molecular formula is C16H20N2O. The van der Waals surface area contributed by atoms with Crippen molar-refractivity contribution in [3.8, 4) is 0 Å². The molecule has 3 rings (SSSR count). The van der Waals surface area contributed by atoms with Crippen LogP contribution in [0.2, 0.25) is 0 Å². The maximum Gasteiger partial charge on any atom is 0.224 e. The summed E-state index contributed by atoms with van der Waals surface area (Å²) in [6.45, 7) is 0. The number of rotatable bonds is 3. The molecule has 0 saturated heterocycles. The summed E-state index contributed by atoms with van der Waals surface area (Å²) in [7, 11) is 0. The molecule has 1 saturated carbocycles. The predicted molar refractivity (Wildman–Crippen MR) is 78.1 cm³/mol. The maximum atomic E-state index is 12.1. The van der Waals surface area contributed by atoms with E-state index in [0.29, 0.717) is 12.3 Å². The Hall–Kier alpha value is -1.77. The van der Waals surface area contributed by atoms with Crippen LogP contribution in [0, 0.1) is 5.92 Å². The van der Waals surface area contributed by atoms with Crippen molar-refractivity contribution in [2.24, 2.45) is 5.92 Å². The fourth-order valence-electron chi connectivity index (χ4n) is 3.05. The van der Waals surface area contributed by atoms with Crippen LogP contribution in [0.1, 0.15) is 38.5 Å². The van der Waals surface area contributed by atoms with E-state index in [1.165, 1.54) is 32.1 Å². The highest BCUT2D eigenvalue weighted by molar-refractivity contribution is 6.01. The molecule has 1 heterocycles. The van der Waals surface area contributed by atoms with Gasteiger partial charge in [-0.3, -0.25) is 4.79 Å². The van der Waals surface area contributed by atoms with Gasteiger partial charge in [-0.25, -0.2) is 0 Å². The Labute approximate surface area is 113 Å². The Morgan fingerprint density at radius 2 is 2.05 bits per heavy atom.